The zero-order chi connectivity index (χ0) is 39.3. The van der Waals surface area contributed by atoms with Gasteiger partial charge in [-0.2, -0.15) is 0 Å². The number of phenols is 1. The summed E-state index contributed by atoms with van der Waals surface area (Å²) in [5.41, 5.74) is 3.22. The van der Waals surface area contributed by atoms with Crippen LogP contribution in [-0.2, 0) is 32.4 Å². The van der Waals surface area contributed by atoms with E-state index in [4.69, 9.17) is 20.8 Å². The molecule has 0 spiro atoms. The van der Waals surface area contributed by atoms with Gasteiger partial charge in [0.25, 0.3) is 0 Å². The first-order valence-electron chi connectivity index (χ1n) is 18.8. The molecule has 1 aromatic heterocycles. The highest BCUT2D eigenvalue weighted by atomic mass is 35.5. The van der Waals surface area contributed by atoms with E-state index in [-0.39, 0.29) is 28.7 Å². The Morgan fingerprint density at radius 1 is 1.04 bits per heavy atom. The number of carbonyl (C=O) groups excluding carboxylic acids is 1. The number of anilines is 1. The number of carbonyl (C=O) groups is 2. The molecule has 5 rings (SSSR count). The highest BCUT2D eigenvalue weighted by molar-refractivity contribution is 6.74. The summed E-state index contributed by atoms with van der Waals surface area (Å²) in [6, 6.07) is 17.9. The smallest absolute Gasteiger partial charge is 0.314 e. The summed E-state index contributed by atoms with van der Waals surface area (Å²) in [6.07, 6.45) is 5.32. The summed E-state index contributed by atoms with van der Waals surface area (Å²) < 4.78 is 12.6. The van der Waals surface area contributed by atoms with Crippen LogP contribution in [0.2, 0.25) is 23.2 Å². The molecule has 1 aliphatic rings. The number of aryl methyl sites for hydroxylation is 1. The van der Waals surface area contributed by atoms with Crippen LogP contribution in [0.1, 0.15) is 94.1 Å². The number of hydrogen-bond donors (Lipinski definition) is 5. The zero-order valence-corrected chi connectivity index (χ0v) is 34.0. The van der Waals surface area contributed by atoms with Crippen molar-refractivity contribution < 1.29 is 29.0 Å². The van der Waals surface area contributed by atoms with E-state index in [1.54, 1.807) is 31.4 Å². The van der Waals surface area contributed by atoms with Crippen LogP contribution in [0.15, 0.2) is 65.5 Å². The number of pyridine rings is 1. The summed E-state index contributed by atoms with van der Waals surface area (Å²) in [5.74, 6) is -0.380. The maximum atomic E-state index is 13.0. The van der Waals surface area contributed by atoms with Crippen molar-refractivity contribution in [3.63, 3.8) is 0 Å². The van der Waals surface area contributed by atoms with E-state index in [0.29, 0.717) is 66.1 Å². The number of carboxylic acids is 1. The molecule has 10 nitrogen and oxygen atoms in total. The normalized spacial score (nSPS) is 15.2. The molecule has 0 saturated heterocycles. The largest absolute Gasteiger partial charge is 0.506 e. The van der Waals surface area contributed by atoms with Crippen LogP contribution < -0.4 is 20.9 Å². The van der Waals surface area contributed by atoms with Crippen LogP contribution in [-0.4, -0.2) is 49.0 Å². The van der Waals surface area contributed by atoms with Crippen molar-refractivity contribution in [2.24, 2.45) is 0 Å². The second-order valence-corrected chi connectivity index (χ2v) is 21.1. The van der Waals surface area contributed by atoms with E-state index < -0.39 is 25.8 Å². The lowest BCUT2D eigenvalue weighted by Crippen LogP contribution is -2.43. The molecular weight excluding hydrogens is 722 g/mol. The maximum absolute atomic E-state index is 13.0. The quantitative estimate of drug-likeness (QED) is 0.0752. The van der Waals surface area contributed by atoms with Gasteiger partial charge in [-0.1, -0.05) is 82.0 Å². The van der Waals surface area contributed by atoms with Gasteiger partial charge in [0.1, 0.15) is 11.5 Å². The molecule has 1 amide bonds. The van der Waals surface area contributed by atoms with Crippen molar-refractivity contribution in [3.8, 4) is 11.5 Å². The van der Waals surface area contributed by atoms with Crippen molar-refractivity contribution in [2.45, 2.75) is 108 Å². The number of aromatic nitrogens is 1. The van der Waals surface area contributed by atoms with E-state index in [9.17, 15) is 24.6 Å². The third kappa shape index (κ3) is 9.37. The van der Waals surface area contributed by atoms with Crippen molar-refractivity contribution in [2.75, 3.05) is 19.0 Å². The van der Waals surface area contributed by atoms with Crippen LogP contribution in [0.4, 0.5) is 5.69 Å². The minimum Gasteiger partial charge on any atom is -0.506 e. The summed E-state index contributed by atoms with van der Waals surface area (Å²) in [6.45, 7) is 11.7. The number of benzene rings is 3. The average molecular weight is 776 g/mol. The third-order valence-corrected chi connectivity index (χ3v) is 16.1. The molecule has 1 fully saturated rings. The fourth-order valence-corrected chi connectivity index (χ4v) is 8.62. The summed E-state index contributed by atoms with van der Waals surface area (Å²) >= 11 is 6.71. The number of ether oxygens (including phenoxy) is 1. The molecule has 4 aromatic rings. The molecule has 12 heteroatoms. The van der Waals surface area contributed by atoms with Crippen LogP contribution in [0, 0.1) is 0 Å². The number of H-pyrrole nitrogens is 1. The second-order valence-electron chi connectivity index (χ2n) is 16.0. The Kier molecular flexibility index (Phi) is 13.0. The van der Waals surface area contributed by atoms with Crippen LogP contribution >= 0.6 is 11.6 Å². The molecule has 1 heterocycles. The Labute approximate surface area is 323 Å². The molecular formula is C42H54ClN3O7Si. The van der Waals surface area contributed by atoms with Gasteiger partial charge >= 0.3 is 5.97 Å². The van der Waals surface area contributed by atoms with Gasteiger partial charge in [-0.3, -0.25) is 14.4 Å². The summed E-state index contributed by atoms with van der Waals surface area (Å²) in [7, 11) is -0.700. The minimum atomic E-state index is -2.27. The number of halogens is 1. The van der Waals surface area contributed by atoms with Gasteiger partial charge in [0.2, 0.25) is 11.5 Å². The number of rotatable bonds is 15. The molecule has 1 saturated carbocycles. The maximum Gasteiger partial charge on any atom is 0.314 e. The Morgan fingerprint density at radius 2 is 1.78 bits per heavy atom. The molecule has 0 radical (unpaired) electrons. The number of aliphatic carboxylic acids is 1. The van der Waals surface area contributed by atoms with Crippen LogP contribution in [0.25, 0.3) is 10.9 Å². The Morgan fingerprint density at radius 3 is 2.46 bits per heavy atom. The number of carboxylic acid groups (broad SMARTS) is 1. The predicted octanol–water partition coefficient (Wildman–Crippen LogP) is 9.00. The van der Waals surface area contributed by atoms with Crippen molar-refractivity contribution in [3.05, 3.63) is 98.3 Å². The number of amides is 1. The molecule has 3 aromatic carbocycles. The second kappa shape index (κ2) is 17.1. The average Bonchev–Trinajstić information content (AvgIpc) is 3.12. The first-order valence-corrected chi connectivity index (χ1v) is 22.1. The highest BCUT2D eigenvalue weighted by Gasteiger charge is 2.41. The molecule has 0 unspecified atom stereocenters. The fraction of sp³-hybridized carbons (Fsp3) is 0.452. The number of nitrogens with one attached hydrogen (secondary N) is 3. The van der Waals surface area contributed by atoms with E-state index in [1.165, 1.54) is 6.07 Å². The van der Waals surface area contributed by atoms with Crippen LogP contribution in [0.5, 0.6) is 11.5 Å². The fourth-order valence-electron chi connectivity index (χ4n) is 7.12. The summed E-state index contributed by atoms with van der Waals surface area (Å²) in [5, 5.41) is 28.1. The summed E-state index contributed by atoms with van der Waals surface area (Å²) in [4.78, 5) is 40.2. The Hall–Kier alpha value is -4.16. The Bertz CT molecular complexity index is 2030. The van der Waals surface area contributed by atoms with Gasteiger partial charge < -0.3 is 35.0 Å². The van der Waals surface area contributed by atoms with Gasteiger partial charge in [0, 0.05) is 42.6 Å². The molecule has 54 heavy (non-hydrogen) atoms. The number of fused-ring (bicyclic) bond motifs is 1. The molecule has 1 aliphatic carbocycles. The van der Waals surface area contributed by atoms with E-state index in [2.05, 4.69) is 49.5 Å². The number of hydrogen-bond acceptors (Lipinski definition) is 7. The van der Waals surface area contributed by atoms with Gasteiger partial charge in [0.05, 0.1) is 34.9 Å². The predicted molar refractivity (Wildman–Crippen MR) is 217 cm³/mol. The standard InChI is InChI=1S/C42H54ClN3O7Si/c1-41(2,3)54(5,6)53-36(30-16-18-34(47)39-31(30)17-19-38(49)46-39)26-44-25-28-23-32(43)33(24-35(28)52-4)45-37(48)15-11-13-27-12-10-14-29(22-27)42(40(50)51)20-8-7-9-21-42/h10,12,14,16-19,22-24,36,44,47H,7-9,11,13,15,20-21,25-26H2,1-6H3,(H,45,48)(H,46,49)(H,50,51)/t36-/m0/s1. The zero-order valence-electron chi connectivity index (χ0n) is 32.2. The van der Waals surface area contributed by atoms with E-state index in [0.717, 1.165) is 41.5 Å². The van der Waals surface area contributed by atoms with Gasteiger partial charge in [-0.05, 0) is 78.7 Å². The lowest BCUT2D eigenvalue weighted by molar-refractivity contribution is -0.145. The molecule has 0 bridgehead atoms. The Balaban J connectivity index is 1.24. The van der Waals surface area contributed by atoms with Gasteiger partial charge in [-0.25, -0.2) is 0 Å². The van der Waals surface area contributed by atoms with Gasteiger partial charge in [-0.15, -0.1) is 0 Å². The van der Waals surface area contributed by atoms with Crippen LogP contribution in [0.3, 0.4) is 0 Å². The lowest BCUT2D eigenvalue weighted by atomic mass is 9.69. The van der Waals surface area contributed by atoms with Crippen molar-refractivity contribution >= 4 is 48.4 Å². The third-order valence-electron chi connectivity index (χ3n) is 11.3. The molecule has 1 atom stereocenters. The molecule has 290 valence electrons. The van der Waals surface area contributed by atoms with Crippen molar-refractivity contribution in [1.29, 1.82) is 0 Å². The molecule has 0 aliphatic heterocycles. The topological polar surface area (TPSA) is 150 Å². The first kappa shape index (κ1) is 41.0. The number of methoxy groups -OCH3 is 1. The van der Waals surface area contributed by atoms with Gasteiger partial charge in [0.15, 0.2) is 8.32 Å². The molecule has 5 N–H and O–H groups in total. The number of aromatic amines is 1. The minimum absolute atomic E-state index is 0.00726. The first-order chi connectivity index (χ1) is 25.5. The van der Waals surface area contributed by atoms with E-state index >= 15 is 0 Å². The van der Waals surface area contributed by atoms with E-state index in [1.807, 2.05) is 30.3 Å². The number of aromatic hydroxyl groups is 1. The SMILES string of the molecule is COc1cc(NC(=O)CCCc2cccc(C3(C(=O)O)CCCCC3)c2)c(Cl)cc1CNC[C@H](O[Si](C)(C)C(C)(C)C)c1ccc(O)c2[nH]c(=O)ccc12. The monoisotopic (exact) mass is 775 g/mol. The lowest BCUT2D eigenvalue weighted by Gasteiger charge is -2.39. The van der Waals surface area contributed by atoms with Crippen molar-refractivity contribution in [1.82, 2.24) is 10.3 Å². The highest BCUT2D eigenvalue weighted by Crippen LogP contribution is 2.42. The number of phenolic OH excluding ortho intramolecular Hbond substituents is 1.